The van der Waals surface area contributed by atoms with Crippen molar-refractivity contribution in [2.75, 3.05) is 32.7 Å². The van der Waals surface area contributed by atoms with Crippen molar-refractivity contribution in [2.45, 2.75) is 6.92 Å². The van der Waals surface area contributed by atoms with Crippen molar-refractivity contribution in [1.82, 2.24) is 15.1 Å². The van der Waals surface area contributed by atoms with Gasteiger partial charge in [-0.25, -0.2) is 0 Å². The summed E-state index contributed by atoms with van der Waals surface area (Å²) in [5, 5.41) is 3.27. The molecule has 2 fully saturated rings. The number of rotatable bonds is 2. The Bertz CT molecular complexity index is 1110. The van der Waals surface area contributed by atoms with Crippen LogP contribution in [0.25, 0.3) is 0 Å². The minimum absolute atomic E-state index is 0.0195. The minimum atomic E-state index is -0.317. The third-order valence-corrected chi connectivity index (χ3v) is 6.16. The Hall–Kier alpha value is -3.43. The van der Waals surface area contributed by atoms with Gasteiger partial charge in [0, 0.05) is 42.7 Å². The lowest BCUT2D eigenvalue weighted by Gasteiger charge is -2.56. The first-order chi connectivity index (χ1) is 14.5. The molecule has 0 atom stereocenters. The fourth-order valence-electron chi connectivity index (χ4n) is 4.28. The van der Waals surface area contributed by atoms with E-state index in [4.69, 9.17) is 0 Å². The average molecular weight is 399 g/mol. The first-order valence-electron chi connectivity index (χ1n) is 10.0. The third-order valence-electron chi connectivity index (χ3n) is 6.16. The molecule has 3 aliphatic rings. The molecule has 0 unspecified atom stereocenters. The summed E-state index contributed by atoms with van der Waals surface area (Å²) in [7, 11) is 0. The Balaban J connectivity index is 1.30. The smallest absolute Gasteiger partial charge is 0.262 e. The van der Waals surface area contributed by atoms with Crippen LogP contribution in [-0.2, 0) is 0 Å². The van der Waals surface area contributed by atoms with Gasteiger partial charge in [0.1, 0.15) is 0 Å². The van der Waals surface area contributed by atoms with E-state index in [2.05, 4.69) is 17.2 Å². The molecule has 0 aliphatic carbocycles. The third kappa shape index (κ3) is 2.90. The van der Waals surface area contributed by atoms with Crippen molar-refractivity contribution in [3.05, 3.63) is 70.3 Å². The largest absolute Gasteiger partial charge is 0.337 e. The Kier molecular flexibility index (Phi) is 4.23. The Morgan fingerprint density at radius 3 is 2.33 bits per heavy atom. The summed E-state index contributed by atoms with van der Waals surface area (Å²) in [5.74, 6) is 5.37. The van der Waals surface area contributed by atoms with Gasteiger partial charge in [0.25, 0.3) is 17.7 Å². The van der Waals surface area contributed by atoms with Crippen LogP contribution in [-0.4, -0.2) is 60.2 Å². The second-order valence-electron chi connectivity index (χ2n) is 8.34. The van der Waals surface area contributed by atoms with Gasteiger partial charge in [0.2, 0.25) is 0 Å². The normalized spacial score (nSPS) is 18.4. The number of nitrogens with one attached hydrogen (secondary N) is 1. The van der Waals surface area contributed by atoms with Crippen LogP contribution in [0.15, 0.2) is 42.5 Å². The van der Waals surface area contributed by atoms with Crippen molar-refractivity contribution in [2.24, 2.45) is 5.41 Å². The van der Waals surface area contributed by atoms with Gasteiger partial charge in [-0.3, -0.25) is 19.3 Å². The Labute approximate surface area is 174 Å². The molecular weight excluding hydrogens is 378 g/mol. The summed E-state index contributed by atoms with van der Waals surface area (Å²) >= 11 is 0. The molecule has 0 aromatic heterocycles. The standard InChI is InChI=1S/C24H21N3O3/c1-16-8-9-18(21(28)26-14-24(15-26)12-25-13-24)11-17(16)5-4-10-27-22(29)19-6-2-3-7-20(19)23(27)30/h2-3,6-9,11,25H,10,12-15H2,1H3. The molecule has 3 amide bonds. The van der Waals surface area contributed by atoms with E-state index in [0.717, 1.165) is 42.2 Å². The van der Waals surface area contributed by atoms with Gasteiger partial charge >= 0.3 is 0 Å². The molecule has 3 heterocycles. The monoisotopic (exact) mass is 399 g/mol. The lowest BCUT2D eigenvalue weighted by Crippen LogP contribution is -2.71. The molecule has 0 radical (unpaired) electrons. The zero-order chi connectivity index (χ0) is 20.9. The molecule has 0 saturated carbocycles. The number of hydrogen-bond donors (Lipinski definition) is 1. The van der Waals surface area contributed by atoms with E-state index >= 15 is 0 Å². The summed E-state index contributed by atoms with van der Waals surface area (Å²) < 4.78 is 0. The van der Waals surface area contributed by atoms with Gasteiger partial charge in [-0.05, 0) is 36.8 Å². The highest BCUT2D eigenvalue weighted by Crippen LogP contribution is 2.35. The summed E-state index contributed by atoms with van der Waals surface area (Å²) in [6.45, 7) is 5.52. The summed E-state index contributed by atoms with van der Waals surface area (Å²) in [6.07, 6.45) is 0. The van der Waals surface area contributed by atoms with Crippen molar-refractivity contribution < 1.29 is 14.4 Å². The van der Waals surface area contributed by atoms with E-state index in [1.807, 2.05) is 24.0 Å². The molecular formula is C24H21N3O3. The molecule has 0 bridgehead atoms. The van der Waals surface area contributed by atoms with E-state index in [1.54, 1.807) is 30.3 Å². The van der Waals surface area contributed by atoms with Gasteiger partial charge in [0.05, 0.1) is 17.7 Å². The van der Waals surface area contributed by atoms with Crippen LogP contribution in [0, 0.1) is 24.2 Å². The van der Waals surface area contributed by atoms with Crippen molar-refractivity contribution in [3.63, 3.8) is 0 Å². The topological polar surface area (TPSA) is 69.7 Å². The number of aryl methyl sites for hydroxylation is 1. The van der Waals surface area contributed by atoms with Crippen LogP contribution in [0.1, 0.15) is 42.2 Å². The molecule has 5 rings (SSSR count). The zero-order valence-electron chi connectivity index (χ0n) is 16.7. The van der Waals surface area contributed by atoms with Crippen LogP contribution in [0.2, 0.25) is 0 Å². The van der Waals surface area contributed by atoms with Crippen LogP contribution in [0.4, 0.5) is 0 Å². The zero-order valence-corrected chi connectivity index (χ0v) is 16.7. The number of carbonyl (C=O) groups excluding carboxylic acids is 3. The van der Waals surface area contributed by atoms with Crippen molar-refractivity contribution in [1.29, 1.82) is 0 Å². The summed E-state index contributed by atoms with van der Waals surface area (Å²) in [6, 6.07) is 12.3. The minimum Gasteiger partial charge on any atom is -0.337 e. The van der Waals surface area contributed by atoms with Gasteiger partial charge in [0.15, 0.2) is 0 Å². The van der Waals surface area contributed by atoms with Crippen LogP contribution < -0.4 is 5.32 Å². The molecule has 2 aromatic carbocycles. The number of carbonyl (C=O) groups is 3. The number of likely N-dealkylation sites (tertiary alicyclic amines) is 1. The van der Waals surface area contributed by atoms with E-state index in [-0.39, 0.29) is 29.7 Å². The molecule has 6 nitrogen and oxygen atoms in total. The molecule has 1 N–H and O–H groups in total. The first kappa shape index (κ1) is 18.6. The Morgan fingerprint density at radius 1 is 1.07 bits per heavy atom. The second kappa shape index (κ2) is 6.82. The van der Waals surface area contributed by atoms with E-state index < -0.39 is 0 Å². The van der Waals surface area contributed by atoms with Crippen LogP contribution in [0.5, 0.6) is 0 Å². The summed E-state index contributed by atoms with van der Waals surface area (Å²) in [5.41, 5.74) is 3.43. The van der Waals surface area contributed by atoms with Gasteiger partial charge < -0.3 is 10.2 Å². The lowest BCUT2D eigenvalue weighted by atomic mass is 9.74. The van der Waals surface area contributed by atoms with Gasteiger partial charge in [-0.1, -0.05) is 30.0 Å². The maximum Gasteiger partial charge on any atom is 0.262 e. The highest BCUT2D eigenvalue weighted by molar-refractivity contribution is 6.21. The number of fused-ring (bicyclic) bond motifs is 1. The number of imide groups is 1. The maximum atomic E-state index is 12.8. The quantitative estimate of drug-likeness (QED) is 0.616. The molecule has 2 saturated heterocycles. The first-order valence-corrected chi connectivity index (χ1v) is 10.0. The van der Waals surface area contributed by atoms with Crippen molar-refractivity contribution >= 4 is 17.7 Å². The van der Waals surface area contributed by atoms with Gasteiger partial charge in [-0.15, -0.1) is 0 Å². The van der Waals surface area contributed by atoms with E-state index in [9.17, 15) is 14.4 Å². The molecule has 30 heavy (non-hydrogen) atoms. The highest BCUT2D eigenvalue weighted by Gasteiger charge is 2.49. The average Bonchev–Trinajstić information content (AvgIpc) is 2.92. The van der Waals surface area contributed by atoms with Crippen molar-refractivity contribution in [3.8, 4) is 11.8 Å². The molecule has 1 spiro atoms. The number of nitrogens with zero attached hydrogens (tertiary/aromatic N) is 2. The van der Waals surface area contributed by atoms with Gasteiger partial charge in [-0.2, -0.15) is 0 Å². The Morgan fingerprint density at radius 2 is 1.73 bits per heavy atom. The predicted molar refractivity (Wildman–Crippen MR) is 111 cm³/mol. The number of benzene rings is 2. The highest BCUT2D eigenvalue weighted by atomic mass is 16.2. The van der Waals surface area contributed by atoms with E-state index in [0.29, 0.717) is 16.7 Å². The lowest BCUT2D eigenvalue weighted by molar-refractivity contribution is -0.0248. The maximum absolute atomic E-state index is 12.8. The molecule has 2 aromatic rings. The molecule has 3 aliphatic heterocycles. The SMILES string of the molecule is Cc1ccc(C(=O)N2CC3(CNC3)C2)cc1C#CCN1C(=O)c2ccccc2C1=O. The van der Waals surface area contributed by atoms with Crippen LogP contribution >= 0.6 is 0 Å². The number of amides is 3. The van der Waals surface area contributed by atoms with Crippen LogP contribution in [0.3, 0.4) is 0 Å². The number of hydrogen-bond acceptors (Lipinski definition) is 4. The second-order valence-corrected chi connectivity index (χ2v) is 8.34. The molecule has 6 heteroatoms. The van der Waals surface area contributed by atoms with E-state index in [1.165, 1.54) is 0 Å². The fraction of sp³-hybridized carbons (Fsp3) is 0.292. The fourth-order valence-corrected chi connectivity index (χ4v) is 4.28. The summed E-state index contributed by atoms with van der Waals surface area (Å²) in [4.78, 5) is 40.7. The molecule has 150 valence electrons. The predicted octanol–water partition coefficient (Wildman–Crippen LogP) is 1.69.